The van der Waals surface area contributed by atoms with Crippen LogP contribution in [-0.4, -0.2) is 32.6 Å². The first-order chi connectivity index (χ1) is 10.6. The van der Waals surface area contributed by atoms with Gasteiger partial charge in [-0.05, 0) is 12.1 Å². The Labute approximate surface area is 123 Å². The molecule has 0 saturated heterocycles. The fourth-order valence-electron chi connectivity index (χ4n) is 2.75. The molecule has 1 aromatic heterocycles. The van der Waals surface area contributed by atoms with Crippen molar-refractivity contribution in [3.8, 4) is 0 Å². The summed E-state index contributed by atoms with van der Waals surface area (Å²) < 4.78 is 0. The summed E-state index contributed by atoms with van der Waals surface area (Å²) in [6.45, 7) is 0. The van der Waals surface area contributed by atoms with E-state index in [0.717, 1.165) is 0 Å². The number of aromatic carboxylic acids is 1. The highest BCUT2D eigenvalue weighted by Crippen LogP contribution is 2.31. The number of benzene rings is 2. The molecule has 0 bridgehead atoms. The number of ketones is 2. The number of H-pyrrole nitrogens is 1. The van der Waals surface area contributed by atoms with E-state index in [9.17, 15) is 14.4 Å². The topological polar surface area (TPSA) is 100 Å². The van der Waals surface area contributed by atoms with Crippen LogP contribution in [0.1, 0.15) is 42.5 Å². The van der Waals surface area contributed by atoms with Gasteiger partial charge in [0.1, 0.15) is 5.52 Å². The highest BCUT2D eigenvalue weighted by molar-refractivity contribution is 6.31. The quantitative estimate of drug-likeness (QED) is 0.559. The number of imidazole rings is 1. The predicted molar refractivity (Wildman–Crippen MR) is 76.4 cm³/mol. The molecule has 0 aliphatic heterocycles. The summed E-state index contributed by atoms with van der Waals surface area (Å²) in [5.41, 5.74) is 1.70. The van der Waals surface area contributed by atoms with Crippen LogP contribution in [0.4, 0.5) is 0 Å². The number of nitrogens with zero attached hydrogens (tertiary/aromatic N) is 1. The van der Waals surface area contributed by atoms with Gasteiger partial charge >= 0.3 is 5.97 Å². The monoisotopic (exact) mass is 292 g/mol. The van der Waals surface area contributed by atoms with Crippen molar-refractivity contribution in [3.63, 3.8) is 0 Å². The molecule has 22 heavy (non-hydrogen) atoms. The summed E-state index contributed by atoms with van der Waals surface area (Å²) in [5, 5.41) is 9.02. The molecule has 1 heterocycles. The predicted octanol–water partition coefficient (Wildman–Crippen LogP) is 2.04. The van der Waals surface area contributed by atoms with Crippen LogP contribution in [0.15, 0.2) is 36.4 Å². The summed E-state index contributed by atoms with van der Waals surface area (Å²) in [4.78, 5) is 42.8. The van der Waals surface area contributed by atoms with Gasteiger partial charge in [-0.3, -0.25) is 9.59 Å². The van der Waals surface area contributed by atoms with Gasteiger partial charge in [0.25, 0.3) is 0 Å². The lowest BCUT2D eigenvalue weighted by Gasteiger charge is -2.17. The fourth-order valence-corrected chi connectivity index (χ4v) is 2.75. The molecule has 0 unspecified atom stereocenters. The van der Waals surface area contributed by atoms with Crippen molar-refractivity contribution in [3.05, 3.63) is 64.5 Å². The Morgan fingerprint density at radius 2 is 1.64 bits per heavy atom. The van der Waals surface area contributed by atoms with Crippen molar-refractivity contribution in [2.75, 3.05) is 0 Å². The molecule has 1 aliphatic carbocycles. The number of aromatic amines is 1. The number of hydrogen-bond acceptors (Lipinski definition) is 4. The molecule has 2 aromatic carbocycles. The third-order valence-corrected chi connectivity index (χ3v) is 3.75. The van der Waals surface area contributed by atoms with E-state index in [1.807, 2.05) is 0 Å². The molecule has 0 radical (unpaired) electrons. The van der Waals surface area contributed by atoms with E-state index >= 15 is 0 Å². The van der Waals surface area contributed by atoms with Crippen LogP contribution in [0.2, 0.25) is 0 Å². The number of carbonyl (C=O) groups is 3. The van der Waals surface area contributed by atoms with E-state index in [1.165, 1.54) is 6.07 Å². The largest absolute Gasteiger partial charge is 0.475 e. The fraction of sp³-hybridized carbons (Fsp3) is 0. The molecule has 3 aromatic rings. The minimum atomic E-state index is -1.22. The lowest BCUT2D eigenvalue weighted by atomic mass is 9.83. The molecule has 1 aliphatic rings. The second-order valence-corrected chi connectivity index (χ2v) is 4.98. The molecule has 4 rings (SSSR count). The van der Waals surface area contributed by atoms with Crippen LogP contribution in [0.5, 0.6) is 0 Å². The average Bonchev–Trinajstić information content (AvgIpc) is 2.96. The minimum Gasteiger partial charge on any atom is -0.475 e. The van der Waals surface area contributed by atoms with E-state index in [-0.39, 0.29) is 34.0 Å². The maximum Gasteiger partial charge on any atom is 0.371 e. The summed E-state index contributed by atoms with van der Waals surface area (Å²) in [7, 11) is 0. The first-order valence-electron chi connectivity index (χ1n) is 6.52. The van der Waals surface area contributed by atoms with Crippen molar-refractivity contribution in [2.24, 2.45) is 0 Å². The number of carboxylic acid groups (broad SMARTS) is 1. The first-order valence-corrected chi connectivity index (χ1v) is 6.52. The zero-order chi connectivity index (χ0) is 15.4. The number of carboxylic acids is 1. The Balaban J connectivity index is 2.08. The van der Waals surface area contributed by atoms with Crippen LogP contribution in [-0.2, 0) is 0 Å². The van der Waals surface area contributed by atoms with E-state index < -0.39 is 5.97 Å². The van der Waals surface area contributed by atoms with Crippen LogP contribution < -0.4 is 0 Å². The van der Waals surface area contributed by atoms with E-state index in [4.69, 9.17) is 5.11 Å². The zero-order valence-electron chi connectivity index (χ0n) is 11.1. The number of aromatic nitrogens is 2. The molecule has 0 atom stereocenters. The summed E-state index contributed by atoms with van der Waals surface area (Å²) in [6, 6.07) is 9.66. The highest BCUT2D eigenvalue weighted by atomic mass is 16.4. The van der Waals surface area contributed by atoms with Gasteiger partial charge in [-0.25, -0.2) is 9.78 Å². The molecule has 6 heteroatoms. The maximum atomic E-state index is 12.7. The minimum absolute atomic E-state index is 0.157. The molecule has 0 fully saturated rings. The number of carbonyl (C=O) groups excluding carboxylic acids is 2. The van der Waals surface area contributed by atoms with Crippen molar-refractivity contribution in [1.29, 1.82) is 0 Å². The van der Waals surface area contributed by atoms with Gasteiger partial charge < -0.3 is 10.1 Å². The van der Waals surface area contributed by atoms with Crippen molar-refractivity contribution in [1.82, 2.24) is 9.97 Å². The molecule has 2 N–H and O–H groups in total. The van der Waals surface area contributed by atoms with Gasteiger partial charge in [-0.15, -0.1) is 0 Å². The Bertz CT molecular complexity index is 1000. The number of hydrogen-bond donors (Lipinski definition) is 2. The molecule has 0 saturated carbocycles. The summed E-state index contributed by atoms with van der Waals surface area (Å²) in [6.07, 6.45) is 0. The third kappa shape index (κ3) is 1.49. The van der Waals surface area contributed by atoms with Gasteiger partial charge in [0.05, 0.1) is 11.1 Å². The van der Waals surface area contributed by atoms with Crippen molar-refractivity contribution >= 4 is 28.6 Å². The third-order valence-electron chi connectivity index (χ3n) is 3.75. The van der Waals surface area contributed by atoms with Crippen molar-refractivity contribution in [2.45, 2.75) is 0 Å². The SMILES string of the molecule is O=C(O)c1nc2c3c(ccc2[nH]1)C(=O)c1ccccc1C3=O. The normalized spacial score (nSPS) is 13.1. The number of nitrogens with one attached hydrogen (secondary N) is 1. The molecule has 106 valence electrons. The number of rotatable bonds is 1. The van der Waals surface area contributed by atoms with E-state index in [0.29, 0.717) is 16.6 Å². The molecule has 0 spiro atoms. The second kappa shape index (κ2) is 4.11. The second-order valence-electron chi connectivity index (χ2n) is 4.98. The molecular formula is C16H8N2O4. The Morgan fingerprint density at radius 1 is 0.955 bits per heavy atom. The molecule has 0 amide bonds. The Hall–Kier alpha value is -3.28. The first kappa shape index (κ1) is 12.5. The highest BCUT2D eigenvalue weighted by Gasteiger charge is 2.32. The van der Waals surface area contributed by atoms with E-state index in [1.54, 1.807) is 30.3 Å². The summed E-state index contributed by atoms with van der Waals surface area (Å²) in [5.74, 6) is -2.06. The number of fused-ring (bicyclic) bond motifs is 4. The van der Waals surface area contributed by atoms with Crippen LogP contribution in [0.25, 0.3) is 11.0 Å². The van der Waals surface area contributed by atoms with Crippen molar-refractivity contribution < 1.29 is 19.5 Å². The maximum absolute atomic E-state index is 12.7. The van der Waals surface area contributed by atoms with Gasteiger partial charge in [-0.2, -0.15) is 0 Å². The smallest absolute Gasteiger partial charge is 0.371 e. The molecule has 6 nitrogen and oxygen atoms in total. The lowest BCUT2D eigenvalue weighted by Crippen LogP contribution is -2.21. The van der Waals surface area contributed by atoms with E-state index in [2.05, 4.69) is 9.97 Å². The average molecular weight is 292 g/mol. The zero-order valence-corrected chi connectivity index (χ0v) is 11.1. The molecular weight excluding hydrogens is 284 g/mol. The standard InChI is InChI=1S/C16H8N2O4/c19-13-7-3-1-2-4-8(7)14(20)11-9(13)5-6-10-12(11)18-15(17-10)16(21)22/h1-6H,(H,17,18)(H,21,22). The Kier molecular flexibility index (Phi) is 2.33. The van der Waals surface area contributed by atoms with Gasteiger partial charge in [0.15, 0.2) is 11.6 Å². The van der Waals surface area contributed by atoms with Crippen LogP contribution >= 0.6 is 0 Å². The lowest BCUT2D eigenvalue weighted by molar-refractivity contribution is 0.0684. The van der Waals surface area contributed by atoms with Crippen LogP contribution in [0.3, 0.4) is 0 Å². The van der Waals surface area contributed by atoms with Gasteiger partial charge in [-0.1, -0.05) is 24.3 Å². The van der Waals surface area contributed by atoms with Crippen LogP contribution in [0, 0.1) is 0 Å². The summed E-state index contributed by atoms with van der Waals surface area (Å²) >= 11 is 0. The Morgan fingerprint density at radius 3 is 2.32 bits per heavy atom. The van der Waals surface area contributed by atoms with Gasteiger partial charge in [0, 0.05) is 16.7 Å². The van der Waals surface area contributed by atoms with Gasteiger partial charge in [0.2, 0.25) is 5.82 Å².